The van der Waals surface area contributed by atoms with Crippen LogP contribution >= 0.6 is 28.3 Å². The maximum atomic E-state index is 6.03. The van der Waals surface area contributed by atoms with Gasteiger partial charge < -0.3 is 5.73 Å². The standard InChI is InChI=1S/C10H15BrN2.ClH/c1-7(2)6-9(12)8-4-3-5-13-10(8)11;/h3-5,7,9H,6,12H2,1-2H3;1H/t9-;/m1./s1. The molecule has 1 atom stereocenters. The highest BCUT2D eigenvalue weighted by atomic mass is 79.9. The summed E-state index contributed by atoms with van der Waals surface area (Å²) in [5.74, 6) is 0.613. The lowest BCUT2D eigenvalue weighted by molar-refractivity contribution is 0.508. The minimum Gasteiger partial charge on any atom is -0.324 e. The van der Waals surface area contributed by atoms with Crippen LogP contribution in [0.5, 0.6) is 0 Å². The van der Waals surface area contributed by atoms with E-state index in [-0.39, 0.29) is 18.4 Å². The SMILES string of the molecule is CC(C)C[C@@H](N)c1cccnc1Br.Cl. The zero-order valence-corrected chi connectivity index (χ0v) is 10.8. The first-order valence-corrected chi connectivity index (χ1v) is 5.26. The molecular weight excluding hydrogens is 263 g/mol. The molecular formula is C10H16BrClN2. The molecule has 0 aliphatic carbocycles. The second-order valence-electron chi connectivity index (χ2n) is 3.62. The van der Waals surface area contributed by atoms with E-state index in [9.17, 15) is 0 Å². The molecule has 1 heterocycles. The van der Waals surface area contributed by atoms with Gasteiger partial charge in [-0.05, 0) is 34.3 Å². The lowest BCUT2D eigenvalue weighted by Gasteiger charge is -2.14. The molecule has 0 spiro atoms. The summed E-state index contributed by atoms with van der Waals surface area (Å²) in [6.45, 7) is 4.34. The van der Waals surface area contributed by atoms with Gasteiger partial charge in [-0.1, -0.05) is 19.9 Å². The van der Waals surface area contributed by atoms with Crippen molar-refractivity contribution in [3.05, 3.63) is 28.5 Å². The fourth-order valence-electron chi connectivity index (χ4n) is 1.31. The second-order valence-corrected chi connectivity index (χ2v) is 4.37. The molecule has 0 fully saturated rings. The van der Waals surface area contributed by atoms with Crippen LogP contribution in [0.2, 0.25) is 0 Å². The number of aromatic nitrogens is 1. The topological polar surface area (TPSA) is 38.9 Å². The van der Waals surface area contributed by atoms with E-state index in [0.717, 1.165) is 16.6 Å². The van der Waals surface area contributed by atoms with Crippen LogP contribution in [0.4, 0.5) is 0 Å². The molecule has 0 unspecified atom stereocenters. The molecule has 0 aliphatic heterocycles. The minimum absolute atomic E-state index is 0. The van der Waals surface area contributed by atoms with Crippen molar-refractivity contribution in [2.75, 3.05) is 0 Å². The molecule has 1 aromatic rings. The van der Waals surface area contributed by atoms with Gasteiger partial charge in [-0.15, -0.1) is 12.4 Å². The van der Waals surface area contributed by atoms with Crippen molar-refractivity contribution in [2.45, 2.75) is 26.3 Å². The van der Waals surface area contributed by atoms with Crippen LogP contribution in [0.15, 0.2) is 22.9 Å². The highest BCUT2D eigenvalue weighted by Gasteiger charge is 2.11. The zero-order chi connectivity index (χ0) is 9.84. The van der Waals surface area contributed by atoms with E-state index >= 15 is 0 Å². The number of hydrogen-bond acceptors (Lipinski definition) is 2. The van der Waals surface area contributed by atoms with Gasteiger partial charge in [0, 0.05) is 17.8 Å². The molecule has 2 N–H and O–H groups in total. The van der Waals surface area contributed by atoms with Gasteiger partial charge in [0.15, 0.2) is 0 Å². The van der Waals surface area contributed by atoms with E-state index in [1.54, 1.807) is 6.20 Å². The predicted molar refractivity (Wildman–Crippen MR) is 65.6 cm³/mol. The summed E-state index contributed by atoms with van der Waals surface area (Å²) >= 11 is 3.40. The molecule has 80 valence electrons. The molecule has 0 amide bonds. The van der Waals surface area contributed by atoms with E-state index in [4.69, 9.17) is 5.73 Å². The van der Waals surface area contributed by atoms with Crippen LogP contribution in [-0.2, 0) is 0 Å². The quantitative estimate of drug-likeness (QED) is 0.862. The monoisotopic (exact) mass is 278 g/mol. The Balaban J connectivity index is 0.00000169. The smallest absolute Gasteiger partial charge is 0.110 e. The molecule has 0 radical (unpaired) electrons. The Morgan fingerprint density at radius 2 is 2.14 bits per heavy atom. The van der Waals surface area contributed by atoms with Crippen LogP contribution in [0, 0.1) is 5.92 Å². The molecule has 0 saturated heterocycles. The van der Waals surface area contributed by atoms with E-state index in [1.165, 1.54) is 0 Å². The first-order chi connectivity index (χ1) is 6.11. The molecule has 1 rings (SSSR count). The predicted octanol–water partition coefficient (Wildman–Crippen LogP) is 3.31. The molecule has 2 nitrogen and oxygen atoms in total. The average molecular weight is 280 g/mol. The second kappa shape index (κ2) is 6.38. The third kappa shape index (κ3) is 3.95. The highest BCUT2D eigenvalue weighted by Crippen LogP contribution is 2.23. The number of hydrogen-bond donors (Lipinski definition) is 1. The van der Waals surface area contributed by atoms with Crippen molar-refractivity contribution in [3.8, 4) is 0 Å². The third-order valence-electron chi connectivity index (χ3n) is 1.91. The van der Waals surface area contributed by atoms with Gasteiger partial charge in [0.1, 0.15) is 4.60 Å². The number of halogens is 2. The third-order valence-corrected chi connectivity index (χ3v) is 2.58. The fourth-order valence-corrected chi connectivity index (χ4v) is 1.85. The fraction of sp³-hybridized carbons (Fsp3) is 0.500. The first-order valence-electron chi connectivity index (χ1n) is 4.47. The van der Waals surface area contributed by atoms with Crippen LogP contribution in [0.25, 0.3) is 0 Å². The van der Waals surface area contributed by atoms with Gasteiger partial charge in [-0.3, -0.25) is 0 Å². The molecule has 0 aliphatic rings. The Hall–Kier alpha value is -0.120. The van der Waals surface area contributed by atoms with Crippen molar-refractivity contribution in [1.82, 2.24) is 4.98 Å². The van der Waals surface area contributed by atoms with E-state index < -0.39 is 0 Å². The van der Waals surface area contributed by atoms with Crippen LogP contribution in [0.1, 0.15) is 31.9 Å². The summed E-state index contributed by atoms with van der Waals surface area (Å²) in [6.07, 6.45) is 2.75. The van der Waals surface area contributed by atoms with Crippen molar-refractivity contribution in [1.29, 1.82) is 0 Å². The van der Waals surface area contributed by atoms with E-state index in [0.29, 0.717) is 5.92 Å². The summed E-state index contributed by atoms with van der Waals surface area (Å²) < 4.78 is 0.864. The summed E-state index contributed by atoms with van der Waals surface area (Å²) in [4.78, 5) is 4.14. The lowest BCUT2D eigenvalue weighted by Crippen LogP contribution is -2.13. The number of pyridine rings is 1. The van der Waals surface area contributed by atoms with Crippen LogP contribution < -0.4 is 5.73 Å². The van der Waals surface area contributed by atoms with Crippen molar-refractivity contribution < 1.29 is 0 Å². The number of rotatable bonds is 3. The zero-order valence-electron chi connectivity index (χ0n) is 8.40. The average Bonchev–Trinajstić information content (AvgIpc) is 2.03. The number of nitrogens with two attached hydrogens (primary N) is 1. The van der Waals surface area contributed by atoms with Gasteiger partial charge in [-0.2, -0.15) is 0 Å². The van der Waals surface area contributed by atoms with Gasteiger partial charge in [0.25, 0.3) is 0 Å². The molecule has 0 aromatic carbocycles. The Labute approximate surface area is 99.8 Å². The maximum absolute atomic E-state index is 6.03. The lowest BCUT2D eigenvalue weighted by atomic mass is 9.99. The van der Waals surface area contributed by atoms with E-state index in [1.807, 2.05) is 12.1 Å². The Bertz CT molecular complexity index is 279. The summed E-state index contributed by atoms with van der Waals surface area (Å²) in [5, 5.41) is 0. The minimum atomic E-state index is 0. The van der Waals surface area contributed by atoms with Gasteiger partial charge >= 0.3 is 0 Å². The van der Waals surface area contributed by atoms with Crippen molar-refractivity contribution in [2.24, 2.45) is 11.7 Å². The van der Waals surface area contributed by atoms with Gasteiger partial charge in [-0.25, -0.2) is 4.98 Å². The largest absolute Gasteiger partial charge is 0.324 e. The van der Waals surface area contributed by atoms with Crippen LogP contribution in [-0.4, -0.2) is 4.98 Å². The van der Waals surface area contributed by atoms with Gasteiger partial charge in [0.2, 0.25) is 0 Å². The summed E-state index contributed by atoms with van der Waals surface area (Å²) in [5.41, 5.74) is 7.12. The molecule has 0 bridgehead atoms. The van der Waals surface area contributed by atoms with Gasteiger partial charge in [0.05, 0.1) is 0 Å². The number of nitrogens with zero attached hydrogens (tertiary/aromatic N) is 1. The Kier molecular flexibility index (Phi) is 6.33. The summed E-state index contributed by atoms with van der Waals surface area (Å²) in [6, 6.07) is 4.02. The molecule has 0 saturated carbocycles. The van der Waals surface area contributed by atoms with Crippen LogP contribution in [0.3, 0.4) is 0 Å². The highest BCUT2D eigenvalue weighted by molar-refractivity contribution is 9.10. The molecule has 4 heteroatoms. The maximum Gasteiger partial charge on any atom is 0.110 e. The molecule has 1 aromatic heterocycles. The summed E-state index contributed by atoms with van der Waals surface area (Å²) in [7, 11) is 0. The molecule has 14 heavy (non-hydrogen) atoms. The normalized spacial score (nSPS) is 12.4. The Morgan fingerprint density at radius 1 is 1.50 bits per heavy atom. The van der Waals surface area contributed by atoms with E-state index in [2.05, 4.69) is 34.8 Å². The first kappa shape index (κ1) is 13.9. The van der Waals surface area contributed by atoms with Crippen molar-refractivity contribution >= 4 is 28.3 Å². The Morgan fingerprint density at radius 3 is 2.64 bits per heavy atom. The van der Waals surface area contributed by atoms with Crippen molar-refractivity contribution in [3.63, 3.8) is 0 Å².